The molecule has 0 amide bonds. The molecule has 110 valence electrons. The second kappa shape index (κ2) is 7.41. The Labute approximate surface area is 120 Å². The molecule has 0 unspecified atom stereocenters. The van der Waals surface area contributed by atoms with E-state index in [1.807, 2.05) is 0 Å². The molecule has 2 N–H and O–H groups in total. The lowest BCUT2D eigenvalue weighted by molar-refractivity contribution is 0.185. The maximum Gasteiger partial charge on any atom is 0.243 e. The number of nitrogens with zero attached hydrogens (tertiary/aromatic N) is 1. The van der Waals surface area contributed by atoms with Crippen molar-refractivity contribution in [1.82, 2.24) is 4.31 Å². The predicted molar refractivity (Wildman–Crippen MR) is 78.8 cm³/mol. The molecule has 6 heteroatoms. The van der Waals surface area contributed by atoms with Crippen LogP contribution in [0.5, 0.6) is 0 Å². The van der Waals surface area contributed by atoms with Crippen molar-refractivity contribution in [3.63, 3.8) is 0 Å². The van der Waals surface area contributed by atoms with Crippen LogP contribution in [0.15, 0.2) is 23.1 Å². The summed E-state index contributed by atoms with van der Waals surface area (Å²) < 4.78 is 31.1. The normalized spacial score (nSPS) is 11.2. The average molecular weight is 296 g/mol. The monoisotopic (exact) mass is 296 g/mol. The highest BCUT2D eigenvalue weighted by molar-refractivity contribution is 7.89. The second-order valence-electron chi connectivity index (χ2n) is 4.31. The minimum Gasteiger partial charge on any atom is -0.383 e. The van der Waals surface area contributed by atoms with E-state index in [4.69, 9.17) is 10.5 Å². The molecular formula is C14H20N2O3S. The fourth-order valence-corrected chi connectivity index (χ4v) is 3.02. The highest BCUT2D eigenvalue weighted by Crippen LogP contribution is 2.20. The fraction of sp³-hybridized carbons (Fsp3) is 0.429. The molecule has 0 saturated heterocycles. The number of methoxy groups -OCH3 is 1. The van der Waals surface area contributed by atoms with Crippen LogP contribution in [0.2, 0.25) is 0 Å². The maximum atomic E-state index is 12.5. The molecule has 0 saturated carbocycles. The third-order valence-corrected chi connectivity index (χ3v) is 4.82. The summed E-state index contributed by atoms with van der Waals surface area (Å²) in [5.41, 5.74) is 6.65. The molecule has 0 atom stereocenters. The number of rotatable bonds is 5. The highest BCUT2D eigenvalue weighted by atomic mass is 32.2. The standard InChI is InChI=1S/C14H20N2O3S/c1-12-6-7-13(5-4-8-15)11-14(12)20(17,18)16(2)9-10-19-3/h6-7,11H,8-10,15H2,1-3H3. The molecule has 1 aromatic rings. The fourth-order valence-electron chi connectivity index (χ4n) is 1.62. The van der Waals surface area contributed by atoms with Crippen molar-refractivity contribution in [3.05, 3.63) is 29.3 Å². The summed E-state index contributed by atoms with van der Waals surface area (Å²) in [7, 11) is -0.465. The van der Waals surface area contributed by atoms with Gasteiger partial charge in [0.2, 0.25) is 10.0 Å². The lowest BCUT2D eigenvalue weighted by Crippen LogP contribution is -2.30. The molecular weight excluding hydrogens is 276 g/mol. The van der Waals surface area contributed by atoms with E-state index < -0.39 is 10.0 Å². The van der Waals surface area contributed by atoms with E-state index in [0.717, 1.165) is 0 Å². The van der Waals surface area contributed by atoms with Gasteiger partial charge in [-0.15, -0.1) is 0 Å². The number of ether oxygens (including phenoxy) is 1. The summed E-state index contributed by atoms with van der Waals surface area (Å²) in [6.45, 7) is 2.65. The zero-order valence-electron chi connectivity index (χ0n) is 12.0. The zero-order chi connectivity index (χ0) is 15.2. The number of sulfonamides is 1. The largest absolute Gasteiger partial charge is 0.383 e. The van der Waals surface area contributed by atoms with Crippen molar-refractivity contribution in [3.8, 4) is 11.8 Å². The topological polar surface area (TPSA) is 72.6 Å². The lowest BCUT2D eigenvalue weighted by atomic mass is 10.1. The van der Waals surface area contributed by atoms with E-state index in [9.17, 15) is 8.42 Å². The lowest BCUT2D eigenvalue weighted by Gasteiger charge is -2.18. The van der Waals surface area contributed by atoms with Crippen molar-refractivity contribution in [2.24, 2.45) is 5.73 Å². The predicted octanol–water partition coefficient (Wildman–Crippen LogP) is 0.572. The summed E-state index contributed by atoms with van der Waals surface area (Å²) in [5.74, 6) is 5.56. The van der Waals surface area contributed by atoms with Crippen molar-refractivity contribution in [1.29, 1.82) is 0 Å². The minimum absolute atomic E-state index is 0.240. The Kier molecular flexibility index (Phi) is 6.17. The smallest absolute Gasteiger partial charge is 0.243 e. The number of nitrogens with two attached hydrogens (primary N) is 1. The Morgan fingerprint density at radius 2 is 2.10 bits per heavy atom. The Hall–Kier alpha value is -1.39. The van der Waals surface area contributed by atoms with Crippen LogP contribution in [0.3, 0.4) is 0 Å². The summed E-state index contributed by atoms with van der Waals surface area (Å²) in [6, 6.07) is 5.11. The van der Waals surface area contributed by atoms with Crippen LogP contribution in [0.25, 0.3) is 0 Å². The first-order valence-electron chi connectivity index (χ1n) is 6.18. The minimum atomic E-state index is -3.54. The molecule has 0 fully saturated rings. The number of hydrogen-bond donors (Lipinski definition) is 1. The van der Waals surface area contributed by atoms with Gasteiger partial charge in [-0.1, -0.05) is 17.9 Å². The molecule has 0 heterocycles. The van der Waals surface area contributed by atoms with Crippen molar-refractivity contribution < 1.29 is 13.2 Å². The van der Waals surface area contributed by atoms with Gasteiger partial charge in [0.1, 0.15) is 0 Å². The van der Waals surface area contributed by atoms with Gasteiger partial charge in [0.25, 0.3) is 0 Å². The quantitative estimate of drug-likeness (QED) is 0.806. The van der Waals surface area contributed by atoms with Crippen LogP contribution in [-0.4, -0.2) is 46.6 Å². The van der Waals surface area contributed by atoms with Crippen LogP contribution in [0.1, 0.15) is 11.1 Å². The maximum absolute atomic E-state index is 12.5. The van der Waals surface area contributed by atoms with Crippen molar-refractivity contribution >= 4 is 10.0 Å². The molecule has 0 radical (unpaired) electrons. The molecule has 0 spiro atoms. The van der Waals surface area contributed by atoms with E-state index in [2.05, 4.69) is 11.8 Å². The molecule has 1 aromatic carbocycles. The Morgan fingerprint density at radius 3 is 2.70 bits per heavy atom. The number of aryl methyl sites for hydroxylation is 1. The Morgan fingerprint density at radius 1 is 1.40 bits per heavy atom. The first-order chi connectivity index (χ1) is 9.43. The van der Waals surface area contributed by atoms with Gasteiger partial charge >= 0.3 is 0 Å². The van der Waals surface area contributed by atoms with Gasteiger partial charge in [-0.3, -0.25) is 0 Å². The third kappa shape index (κ3) is 4.05. The average Bonchev–Trinajstić information content (AvgIpc) is 2.43. The molecule has 0 aliphatic heterocycles. The molecule has 1 rings (SSSR count). The first-order valence-corrected chi connectivity index (χ1v) is 7.62. The van der Waals surface area contributed by atoms with Gasteiger partial charge in [-0.2, -0.15) is 4.31 Å². The summed E-state index contributed by atoms with van der Waals surface area (Å²) in [6.07, 6.45) is 0. The van der Waals surface area contributed by atoms with Crippen LogP contribution < -0.4 is 5.73 Å². The van der Waals surface area contributed by atoms with E-state index in [1.54, 1.807) is 25.1 Å². The summed E-state index contributed by atoms with van der Waals surface area (Å²) in [4.78, 5) is 0.264. The Balaban J connectivity index is 3.16. The van der Waals surface area contributed by atoms with Crippen molar-refractivity contribution in [2.75, 3.05) is 33.9 Å². The molecule has 0 aromatic heterocycles. The molecule has 5 nitrogen and oxygen atoms in total. The van der Waals surface area contributed by atoms with Crippen LogP contribution in [0.4, 0.5) is 0 Å². The first kappa shape index (κ1) is 16.7. The van der Waals surface area contributed by atoms with Gasteiger partial charge in [0.15, 0.2) is 0 Å². The van der Waals surface area contributed by atoms with Crippen LogP contribution >= 0.6 is 0 Å². The van der Waals surface area contributed by atoms with Gasteiger partial charge < -0.3 is 10.5 Å². The molecule has 0 aliphatic rings. The summed E-state index contributed by atoms with van der Waals surface area (Å²) >= 11 is 0. The number of likely N-dealkylation sites (N-methyl/N-ethyl adjacent to an activating group) is 1. The number of benzene rings is 1. The van der Waals surface area contributed by atoms with Gasteiger partial charge in [-0.05, 0) is 24.6 Å². The summed E-state index contributed by atoms with van der Waals surface area (Å²) in [5, 5.41) is 0. The van der Waals surface area contributed by atoms with Gasteiger partial charge in [-0.25, -0.2) is 8.42 Å². The van der Waals surface area contributed by atoms with E-state index in [-0.39, 0.29) is 11.4 Å². The van der Waals surface area contributed by atoms with Crippen LogP contribution in [0, 0.1) is 18.8 Å². The Bertz CT molecular complexity index is 615. The van der Waals surface area contributed by atoms with E-state index >= 15 is 0 Å². The molecule has 0 aliphatic carbocycles. The third-order valence-electron chi connectivity index (χ3n) is 2.82. The van der Waals surface area contributed by atoms with Gasteiger partial charge in [0.05, 0.1) is 18.0 Å². The molecule has 0 bridgehead atoms. The van der Waals surface area contributed by atoms with Gasteiger partial charge in [0, 0.05) is 26.3 Å². The molecule has 20 heavy (non-hydrogen) atoms. The highest BCUT2D eigenvalue weighted by Gasteiger charge is 2.22. The second-order valence-corrected chi connectivity index (χ2v) is 6.32. The van der Waals surface area contributed by atoms with Crippen molar-refractivity contribution in [2.45, 2.75) is 11.8 Å². The van der Waals surface area contributed by atoms with E-state index in [0.29, 0.717) is 24.3 Å². The van der Waals surface area contributed by atoms with Crippen LogP contribution in [-0.2, 0) is 14.8 Å². The van der Waals surface area contributed by atoms with E-state index in [1.165, 1.54) is 18.5 Å². The zero-order valence-corrected chi connectivity index (χ0v) is 12.8. The number of hydrogen-bond acceptors (Lipinski definition) is 4. The SMILES string of the molecule is COCCN(C)S(=O)(=O)c1cc(C#CCN)ccc1C.